The predicted molar refractivity (Wildman–Crippen MR) is 75.8 cm³/mol. The second-order valence-corrected chi connectivity index (χ2v) is 4.94. The summed E-state index contributed by atoms with van der Waals surface area (Å²) >= 11 is 0. The van der Waals surface area contributed by atoms with Gasteiger partial charge in [0.25, 0.3) is 0 Å². The van der Waals surface area contributed by atoms with E-state index in [1.165, 1.54) is 0 Å². The molecule has 0 aliphatic rings. The quantitative estimate of drug-likeness (QED) is 0.901. The first kappa shape index (κ1) is 14.6. The lowest BCUT2D eigenvalue weighted by molar-refractivity contribution is 0.169. The van der Waals surface area contributed by atoms with Crippen molar-refractivity contribution in [3.8, 4) is 5.88 Å². The van der Waals surface area contributed by atoms with E-state index < -0.39 is 6.10 Å². The van der Waals surface area contributed by atoms with E-state index in [-0.39, 0.29) is 0 Å². The number of methoxy groups -OCH3 is 1. The van der Waals surface area contributed by atoms with Crippen molar-refractivity contribution in [1.82, 2.24) is 19.6 Å². The Morgan fingerprint density at radius 1 is 1.35 bits per heavy atom. The summed E-state index contributed by atoms with van der Waals surface area (Å²) in [4.78, 5) is 0. The Kier molecular flexibility index (Phi) is 4.13. The van der Waals surface area contributed by atoms with E-state index >= 15 is 0 Å². The highest BCUT2D eigenvalue weighted by Crippen LogP contribution is 2.30. The number of hydrogen-bond donors (Lipinski definition) is 1. The fourth-order valence-corrected chi connectivity index (χ4v) is 2.62. The highest BCUT2D eigenvalue weighted by molar-refractivity contribution is 5.34. The van der Waals surface area contributed by atoms with Crippen molar-refractivity contribution < 1.29 is 9.84 Å². The van der Waals surface area contributed by atoms with Crippen LogP contribution in [0.1, 0.15) is 35.7 Å². The molecule has 0 saturated carbocycles. The van der Waals surface area contributed by atoms with E-state index in [0.29, 0.717) is 12.3 Å². The minimum atomic E-state index is -0.653. The van der Waals surface area contributed by atoms with Crippen LogP contribution in [-0.4, -0.2) is 31.8 Å². The maximum absolute atomic E-state index is 10.5. The van der Waals surface area contributed by atoms with Crippen molar-refractivity contribution in [2.75, 3.05) is 7.11 Å². The van der Waals surface area contributed by atoms with Crippen LogP contribution < -0.4 is 4.74 Å². The van der Waals surface area contributed by atoms with Crippen LogP contribution in [0.3, 0.4) is 0 Å². The van der Waals surface area contributed by atoms with Crippen molar-refractivity contribution in [2.24, 2.45) is 7.05 Å². The smallest absolute Gasteiger partial charge is 0.217 e. The lowest BCUT2D eigenvalue weighted by Gasteiger charge is -2.13. The molecule has 0 aliphatic heterocycles. The van der Waals surface area contributed by atoms with Crippen LogP contribution in [0.15, 0.2) is 6.07 Å². The number of ether oxygens (including phenoxy) is 1. The normalized spacial score (nSPS) is 12.7. The van der Waals surface area contributed by atoms with Crippen molar-refractivity contribution in [1.29, 1.82) is 0 Å². The summed E-state index contributed by atoms with van der Waals surface area (Å²) in [6, 6.07) is 2.00. The molecule has 0 saturated heterocycles. The second kappa shape index (κ2) is 5.66. The Morgan fingerprint density at radius 2 is 2.05 bits per heavy atom. The standard InChI is InChI=1S/C14H22N4O2/c1-6-18-11(7-9(2)15-18)8-12(19)13-10(3)16-17(4)14(13)20-5/h7,12,19H,6,8H2,1-5H3. The van der Waals surface area contributed by atoms with Crippen LogP contribution in [0.4, 0.5) is 0 Å². The number of rotatable bonds is 5. The largest absolute Gasteiger partial charge is 0.481 e. The zero-order valence-corrected chi connectivity index (χ0v) is 12.7. The third-order valence-electron chi connectivity index (χ3n) is 3.43. The molecule has 20 heavy (non-hydrogen) atoms. The Bertz CT molecular complexity index is 601. The maximum atomic E-state index is 10.5. The zero-order valence-electron chi connectivity index (χ0n) is 12.7. The van der Waals surface area contributed by atoms with Crippen LogP contribution in [0.2, 0.25) is 0 Å². The Morgan fingerprint density at radius 3 is 2.65 bits per heavy atom. The Hall–Kier alpha value is -1.82. The molecule has 0 bridgehead atoms. The van der Waals surface area contributed by atoms with Crippen molar-refractivity contribution in [3.05, 3.63) is 28.7 Å². The van der Waals surface area contributed by atoms with Gasteiger partial charge in [-0.3, -0.25) is 4.68 Å². The molecule has 2 aromatic rings. The number of aryl methyl sites for hydroxylation is 4. The van der Waals surface area contributed by atoms with Crippen LogP contribution in [0.5, 0.6) is 5.88 Å². The van der Waals surface area contributed by atoms with Gasteiger partial charge in [-0.2, -0.15) is 10.2 Å². The van der Waals surface area contributed by atoms with Crippen molar-refractivity contribution >= 4 is 0 Å². The molecule has 1 atom stereocenters. The number of aliphatic hydroxyl groups is 1. The number of aliphatic hydroxyl groups excluding tert-OH is 1. The summed E-state index contributed by atoms with van der Waals surface area (Å²) in [5.74, 6) is 0.606. The third kappa shape index (κ3) is 2.56. The van der Waals surface area contributed by atoms with Gasteiger partial charge >= 0.3 is 0 Å². The monoisotopic (exact) mass is 278 g/mol. The van der Waals surface area contributed by atoms with E-state index in [1.54, 1.807) is 11.8 Å². The van der Waals surface area contributed by atoms with Crippen LogP contribution in [-0.2, 0) is 20.0 Å². The van der Waals surface area contributed by atoms with Gasteiger partial charge in [0, 0.05) is 25.7 Å². The van der Waals surface area contributed by atoms with Crippen LogP contribution in [0, 0.1) is 13.8 Å². The van der Waals surface area contributed by atoms with Gasteiger partial charge in [0.1, 0.15) is 0 Å². The zero-order chi connectivity index (χ0) is 14.9. The van der Waals surface area contributed by atoms with E-state index in [0.717, 1.165) is 29.2 Å². The molecule has 2 aromatic heterocycles. The summed E-state index contributed by atoms with van der Waals surface area (Å²) in [6.45, 7) is 6.67. The minimum absolute atomic E-state index is 0.498. The lowest BCUT2D eigenvalue weighted by Crippen LogP contribution is -2.10. The fourth-order valence-electron chi connectivity index (χ4n) is 2.62. The summed E-state index contributed by atoms with van der Waals surface area (Å²) in [5, 5.41) is 19.2. The van der Waals surface area contributed by atoms with Crippen molar-refractivity contribution in [3.63, 3.8) is 0 Å². The summed E-state index contributed by atoms with van der Waals surface area (Å²) < 4.78 is 8.90. The molecule has 0 radical (unpaired) electrons. The molecule has 110 valence electrons. The summed E-state index contributed by atoms with van der Waals surface area (Å²) in [7, 11) is 3.40. The van der Waals surface area contributed by atoms with E-state index in [2.05, 4.69) is 10.2 Å². The minimum Gasteiger partial charge on any atom is -0.481 e. The molecule has 2 heterocycles. The number of aromatic nitrogens is 4. The van der Waals surface area contributed by atoms with E-state index in [9.17, 15) is 5.11 Å². The summed E-state index contributed by atoms with van der Waals surface area (Å²) in [6.07, 6.45) is -0.155. The van der Waals surface area contributed by atoms with Gasteiger partial charge in [-0.1, -0.05) is 0 Å². The topological polar surface area (TPSA) is 65.1 Å². The molecule has 0 spiro atoms. The molecule has 1 N–H and O–H groups in total. The van der Waals surface area contributed by atoms with Gasteiger partial charge < -0.3 is 9.84 Å². The second-order valence-electron chi connectivity index (χ2n) is 4.94. The summed E-state index contributed by atoms with van der Waals surface area (Å²) in [5.41, 5.74) is 3.51. The first-order chi connectivity index (χ1) is 9.47. The molecular weight excluding hydrogens is 256 g/mol. The fraction of sp³-hybridized carbons (Fsp3) is 0.571. The molecule has 6 nitrogen and oxygen atoms in total. The average Bonchev–Trinajstić information content (AvgIpc) is 2.88. The van der Waals surface area contributed by atoms with Gasteiger partial charge in [0.05, 0.1) is 30.2 Å². The third-order valence-corrected chi connectivity index (χ3v) is 3.43. The molecule has 0 aromatic carbocycles. The van der Waals surface area contributed by atoms with E-state index in [4.69, 9.17) is 4.74 Å². The van der Waals surface area contributed by atoms with Crippen LogP contribution in [0.25, 0.3) is 0 Å². The SMILES string of the molecule is CCn1nc(C)cc1CC(O)c1c(C)nn(C)c1OC. The highest BCUT2D eigenvalue weighted by atomic mass is 16.5. The number of hydrogen-bond acceptors (Lipinski definition) is 4. The van der Waals surface area contributed by atoms with Gasteiger partial charge in [0.15, 0.2) is 0 Å². The molecule has 0 fully saturated rings. The van der Waals surface area contributed by atoms with E-state index in [1.807, 2.05) is 38.6 Å². The first-order valence-electron chi connectivity index (χ1n) is 6.76. The molecule has 0 aliphatic carbocycles. The Balaban J connectivity index is 2.30. The van der Waals surface area contributed by atoms with Gasteiger partial charge in [-0.05, 0) is 26.8 Å². The molecule has 1 unspecified atom stereocenters. The van der Waals surface area contributed by atoms with Crippen LogP contribution >= 0.6 is 0 Å². The number of nitrogens with zero attached hydrogens (tertiary/aromatic N) is 4. The molecular formula is C14H22N4O2. The lowest BCUT2D eigenvalue weighted by atomic mass is 10.1. The molecule has 6 heteroatoms. The molecule has 2 rings (SSSR count). The van der Waals surface area contributed by atoms with Crippen molar-refractivity contribution in [2.45, 2.75) is 39.8 Å². The van der Waals surface area contributed by atoms with Gasteiger partial charge in [-0.25, -0.2) is 4.68 Å². The highest BCUT2D eigenvalue weighted by Gasteiger charge is 2.23. The first-order valence-corrected chi connectivity index (χ1v) is 6.76. The maximum Gasteiger partial charge on any atom is 0.217 e. The Labute approximate surface area is 119 Å². The van der Waals surface area contributed by atoms with Gasteiger partial charge in [-0.15, -0.1) is 0 Å². The predicted octanol–water partition coefficient (Wildman–Crippen LogP) is 1.54. The van der Waals surface area contributed by atoms with Gasteiger partial charge in [0.2, 0.25) is 5.88 Å². The average molecular weight is 278 g/mol. The molecule has 0 amide bonds.